The summed E-state index contributed by atoms with van der Waals surface area (Å²) in [5.41, 5.74) is 7.42. The molecular weight excluding hydrogens is 198 g/mol. The minimum atomic E-state index is 0.454. The molecule has 0 saturated heterocycles. The molecule has 1 aromatic rings. The molecule has 0 aromatic heterocycles. The molecule has 3 atom stereocenters. The van der Waals surface area contributed by atoms with Gasteiger partial charge < -0.3 is 10.5 Å². The molecule has 1 aliphatic heterocycles. The van der Waals surface area contributed by atoms with Crippen molar-refractivity contribution in [1.29, 1.82) is 0 Å². The van der Waals surface area contributed by atoms with Gasteiger partial charge in [0.1, 0.15) is 5.75 Å². The van der Waals surface area contributed by atoms with Crippen LogP contribution in [-0.4, -0.2) is 12.6 Å². The van der Waals surface area contributed by atoms with Gasteiger partial charge in [-0.25, -0.2) is 0 Å². The molecule has 2 heteroatoms. The van der Waals surface area contributed by atoms with Crippen molar-refractivity contribution in [2.24, 2.45) is 11.7 Å². The molecule has 86 valence electrons. The van der Waals surface area contributed by atoms with Gasteiger partial charge in [0.25, 0.3) is 0 Å². The second-order valence-corrected chi connectivity index (χ2v) is 5.11. The lowest BCUT2D eigenvalue weighted by atomic mass is 9.72. The highest BCUT2D eigenvalue weighted by Gasteiger charge is 2.32. The van der Waals surface area contributed by atoms with E-state index >= 15 is 0 Å². The maximum absolute atomic E-state index is 6.03. The van der Waals surface area contributed by atoms with Gasteiger partial charge in [-0.05, 0) is 49.1 Å². The first kappa shape index (κ1) is 10.2. The van der Waals surface area contributed by atoms with Gasteiger partial charge in [0.15, 0.2) is 0 Å². The summed E-state index contributed by atoms with van der Waals surface area (Å²) < 4.78 is 5.68. The number of rotatable bonds is 2. The summed E-state index contributed by atoms with van der Waals surface area (Å²) in [5, 5.41) is 0. The van der Waals surface area contributed by atoms with Crippen LogP contribution in [-0.2, 0) is 0 Å². The quantitative estimate of drug-likeness (QED) is 0.826. The molecule has 0 amide bonds. The Bertz CT molecular complexity index is 377. The van der Waals surface area contributed by atoms with Crippen LogP contribution in [0.1, 0.15) is 37.2 Å². The number of para-hydroxylation sites is 1. The monoisotopic (exact) mass is 217 g/mol. The fourth-order valence-corrected chi connectivity index (χ4v) is 2.91. The third kappa shape index (κ3) is 1.71. The highest BCUT2D eigenvalue weighted by atomic mass is 16.5. The normalized spacial score (nSPS) is 32.4. The maximum Gasteiger partial charge on any atom is 0.122 e. The lowest BCUT2D eigenvalue weighted by Crippen LogP contribution is -2.40. The molecule has 1 aliphatic carbocycles. The van der Waals surface area contributed by atoms with Crippen molar-refractivity contribution < 1.29 is 4.74 Å². The fraction of sp³-hybridized carbons (Fsp3) is 0.571. The minimum Gasteiger partial charge on any atom is -0.493 e. The molecule has 1 saturated carbocycles. The van der Waals surface area contributed by atoms with Gasteiger partial charge in [-0.3, -0.25) is 0 Å². The Morgan fingerprint density at radius 2 is 2.06 bits per heavy atom. The molecule has 3 unspecified atom stereocenters. The molecular formula is C14H19NO. The van der Waals surface area contributed by atoms with Crippen molar-refractivity contribution >= 4 is 0 Å². The fourth-order valence-electron chi connectivity index (χ4n) is 2.91. The van der Waals surface area contributed by atoms with Crippen LogP contribution >= 0.6 is 0 Å². The molecule has 3 rings (SSSR count). The van der Waals surface area contributed by atoms with E-state index in [1.54, 1.807) is 0 Å². The van der Waals surface area contributed by atoms with Crippen LogP contribution in [0.3, 0.4) is 0 Å². The molecule has 1 heterocycles. The van der Waals surface area contributed by atoms with Gasteiger partial charge in [-0.1, -0.05) is 18.2 Å². The van der Waals surface area contributed by atoms with Crippen LogP contribution in [0.15, 0.2) is 24.3 Å². The van der Waals surface area contributed by atoms with Crippen molar-refractivity contribution in [2.75, 3.05) is 6.61 Å². The Balaban J connectivity index is 1.76. The van der Waals surface area contributed by atoms with E-state index in [2.05, 4.69) is 24.3 Å². The predicted octanol–water partition coefficient (Wildman–Crippen LogP) is 2.68. The molecule has 0 radical (unpaired) electrons. The highest BCUT2D eigenvalue weighted by Crippen LogP contribution is 2.41. The average molecular weight is 217 g/mol. The summed E-state index contributed by atoms with van der Waals surface area (Å²) in [6.07, 6.45) is 4.94. The lowest BCUT2D eigenvalue weighted by Gasteiger charge is -2.37. The molecule has 0 spiro atoms. The number of hydrogen-bond donors (Lipinski definition) is 1. The highest BCUT2D eigenvalue weighted by molar-refractivity contribution is 5.37. The first-order chi connectivity index (χ1) is 7.84. The number of ether oxygens (including phenoxy) is 1. The molecule has 0 bridgehead atoms. The van der Waals surface area contributed by atoms with E-state index in [1.807, 2.05) is 0 Å². The zero-order valence-electron chi connectivity index (χ0n) is 9.56. The van der Waals surface area contributed by atoms with Crippen molar-refractivity contribution in [1.82, 2.24) is 0 Å². The predicted molar refractivity (Wildman–Crippen MR) is 64.6 cm³/mol. The first-order valence-corrected chi connectivity index (χ1v) is 6.32. The Morgan fingerprint density at radius 3 is 2.81 bits per heavy atom. The van der Waals surface area contributed by atoms with Gasteiger partial charge in [-0.2, -0.15) is 0 Å². The zero-order chi connectivity index (χ0) is 11.0. The number of benzene rings is 1. The lowest BCUT2D eigenvalue weighted by molar-refractivity contribution is 0.196. The van der Waals surface area contributed by atoms with Crippen LogP contribution in [0.2, 0.25) is 0 Å². The SMILES string of the molecule is NC1CCC1CC1CCOc2ccccc21. The number of fused-ring (bicyclic) bond motifs is 1. The van der Waals surface area contributed by atoms with E-state index in [4.69, 9.17) is 10.5 Å². The average Bonchev–Trinajstić information content (AvgIpc) is 2.34. The van der Waals surface area contributed by atoms with E-state index in [9.17, 15) is 0 Å². The zero-order valence-corrected chi connectivity index (χ0v) is 9.56. The van der Waals surface area contributed by atoms with Gasteiger partial charge >= 0.3 is 0 Å². The van der Waals surface area contributed by atoms with Gasteiger partial charge in [0.05, 0.1) is 6.61 Å². The second kappa shape index (κ2) is 4.10. The summed E-state index contributed by atoms with van der Waals surface area (Å²) in [6, 6.07) is 8.92. The van der Waals surface area contributed by atoms with Gasteiger partial charge in [0, 0.05) is 6.04 Å². The van der Waals surface area contributed by atoms with E-state index in [0.29, 0.717) is 12.0 Å². The summed E-state index contributed by atoms with van der Waals surface area (Å²) >= 11 is 0. The van der Waals surface area contributed by atoms with Crippen molar-refractivity contribution in [3.8, 4) is 5.75 Å². The molecule has 1 aromatic carbocycles. The smallest absolute Gasteiger partial charge is 0.122 e. The minimum absolute atomic E-state index is 0.454. The van der Waals surface area contributed by atoms with Gasteiger partial charge in [0.2, 0.25) is 0 Å². The van der Waals surface area contributed by atoms with Crippen LogP contribution in [0.25, 0.3) is 0 Å². The molecule has 2 N–H and O–H groups in total. The van der Waals surface area contributed by atoms with Gasteiger partial charge in [-0.15, -0.1) is 0 Å². The third-order valence-corrected chi connectivity index (χ3v) is 4.15. The van der Waals surface area contributed by atoms with Crippen molar-refractivity contribution in [2.45, 2.75) is 37.6 Å². The second-order valence-electron chi connectivity index (χ2n) is 5.11. The summed E-state index contributed by atoms with van der Waals surface area (Å²) in [6.45, 7) is 0.865. The Hall–Kier alpha value is -1.02. The molecule has 1 fully saturated rings. The summed E-state index contributed by atoms with van der Waals surface area (Å²) in [7, 11) is 0. The van der Waals surface area contributed by atoms with Crippen LogP contribution in [0.5, 0.6) is 5.75 Å². The topological polar surface area (TPSA) is 35.2 Å². The van der Waals surface area contributed by atoms with Crippen LogP contribution in [0, 0.1) is 5.92 Å². The molecule has 2 aliphatic rings. The Morgan fingerprint density at radius 1 is 1.19 bits per heavy atom. The maximum atomic E-state index is 6.03. The van der Waals surface area contributed by atoms with E-state index < -0.39 is 0 Å². The van der Waals surface area contributed by atoms with Crippen LogP contribution in [0.4, 0.5) is 0 Å². The Kier molecular flexibility index (Phi) is 2.60. The number of nitrogens with two attached hydrogens (primary N) is 1. The molecule has 2 nitrogen and oxygen atoms in total. The van der Waals surface area contributed by atoms with E-state index in [0.717, 1.165) is 24.7 Å². The van der Waals surface area contributed by atoms with E-state index in [1.165, 1.54) is 24.8 Å². The third-order valence-electron chi connectivity index (χ3n) is 4.15. The number of hydrogen-bond acceptors (Lipinski definition) is 2. The summed E-state index contributed by atoms with van der Waals surface area (Å²) in [5.74, 6) is 2.50. The molecule has 16 heavy (non-hydrogen) atoms. The van der Waals surface area contributed by atoms with Crippen LogP contribution < -0.4 is 10.5 Å². The Labute approximate surface area is 96.8 Å². The standard InChI is InChI=1S/C14H19NO/c15-13-6-5-11(13)9-10-7-8-16-14-4-2-1-3-12(10)14/h1-4,10-11,13H,5-9,15H2. The van der Waals surface area contributed by atoms with E-state index in [-0.39, 0.29) is 0 Å². The first-order valence-electron chi connectivity index (χ1n) is 6.32. The largest absolute Gasteiger partial charge is 0.493 e. The van der Waals surface area contributed by atoms with Crippen molar-refractivity contribution in [3.63, 3.8) is 0 Å². The van der Waals surface area contributed by atoms with Crippen molar-refractivity contribution in [3.05, 3.63) is 29.8 Å². The summed E-state index contributed by atoms with van der Waals surface area (Å²) in [4.78, 5) is 0.